The van der Waals surface area contributed by atoms with E-state index in [9.17, 15) is 13.2 Å². The number of rotatable bonds is 6. The summed E-state index contributed by atoms with van der Waals surface area (Å²) in [6.07, 6.45) is 3.00. The van der Waals surface area contributed by atoms with Crippen LogP contribution in [0.25, 0.3) is 0 Å². The minimum absolute atomic E-state index is 0.117. The first-order chi connectivity index (χ1) is 13.4. The minimum atomic E-state index is -3.72. The van der Waals surface area contributed by atoms with Gasteiger partial charge in [-0.1, -0.05) is 23.8 Å². The molecule has 148 valence electrons. The summed E-state index contributed by atoms with van der Waals surface area (Å²) in [5, 5.41) is 6.11. The molecule has 0 saturated carbocycles. The quantitative estimate of drug-likeness (QED) is 0.652. The second kappa shape index (κ2) is 8.58. The molecule has 0 atom stereocenters. The van der Waals surface area contributed by atoms with Crippen LogP contribution in [0.1, 0.15) is 27.9 Å². The molecule has 0 aliphatic carbocycles. The topological polar surface area (TPSA) is 87.3 Å². The molecule has 0 saturated heterocycles. The molecule has 0 fully saturated rings. The van der Waals surface area contributed by atoms with Gasteiger partial charge in [-0.3, -0.25) is 9.52 Å². The summed E-state index contributed by atoms with van der Waals surface area (Å²) in [5.74, 6) is -0.217. The van der Waals surface area contributed by atoms with E-state index in [2.05, 4.69) is 21.4 Å². The molecule has 0 bridgehead atoms. The molecule has 3 N–H and O–H groups in total. The van der Waals surface area contributed by atoms with Crippen LogP contribution in [0, 0.1) is 13.8 Å². The maximum atomic E-state index is 12.7. The number of nitrogens with one attached hydrogen (secondary N) is 3. The van der Waals surface area contributed by atoms with E-state index < -0.39 is 10.0 Å². The number of benzene rings is 2. The van der Waals surface area contributed by atoms with Crippen molar-refractivity contribution in [3.8, 4) is 0 Å². The van der Waals surface area contributed by atoms with Crippen molar-refractivity contribution in [3.63, 3.8) is 0 Å². The van der Waals surface area contributed by atoms with E-state index >= 15 is 0 Å². The highest BCUT2D eigenvalue weighted by molar-refractivity contribution is 7.92. The molecule has 1 aliphatic rings. The third kappa shape index (κ3) is 4.79. The average molecular weight is 400 g/mol. The predicted molar refractivity (Wildman–Crippen MR) is 111 cm³/mol. The van der Waals surface area contributed by atoms with Gasteiger partial charge >= 0.3 is 0 Å². The predicted octanol–water partition coefficient (Wildman–Crippen LogP) is 2.75. The molecule has 3 rings (SSSR count). The van der Waals surface area contributed by atoms with Crippen LogP contribution < -0.4 is 15.4 Å². The molecule has 0 aromatic heterocycles. The Kier molecular flexibility index (Phi) is 6.16. The number of hydrogen-bond donors (Lipinski definition) is 3. The van der Waals surface area contributed by atoms with Gasteiger partial charge in [0.25, 0.3) is 15.9 Å². The first-order valence-electron chi connectivity index (χ1n) is 9.23. The van der Waals surface area contributed by atoms with Gasteiger partial charge in [0.2, 0.25) is 0 Å². The lowest BCUT2D eigenvalue weighted by molar-refractivity contribution is 0.0956. The van der Waals surface area contributed by atoms with Crippen molar-refractivity contribution >= 4 is 21.6 Å². The lowest BCUT2D eigenvalue weighted by atomic mass is 10.1. The van der Waals surface area contributed by atoms with Crippen LogP contribution in [0.5, 0.6) is 0 Å². The molecule has 1 heterocycles. The van der Waals surface area contributed by atoms with Gasteiger partial charge in [-0.05, 0) is 68.3 Å². The average Bonchev–Trinajstić information content (AvgIpc) is 2.70. The molecule has 7 heteroatoms. The first-order valence-corrected chi connectivity index (χ1v) is 10.7. The van der Waals surface area contributed by atoms with Gasteiger partial charge in [0.1, 0.15) is 0 Å². The van der Waals surface area contributed by atoms with Crippen LogP contribution in [-0.2, 0) is 10.0 Å². The minimum Gasteiger partial charge on any atom is -0.348 e. The Morgan fingerprint density at radius 3 is 2.54 bits per heavy atom. The van der Waals surface area contributed by atoms with Crippen LogP contribution in [-0.4, -0.2) is 34.0 Å². The van der Waals surface area contributed by atoms with E-state index in [1.165, 1.54) is 29.8 Å². The summed E-state index contributed by atoms with van der Waals surface area (Å²) in [5.41, 5.74) is 4.08. The number of anilines is 1. The van der Waals surface area contributed by atoms with E-state index in [1.54, 1.807) is 6.07 Å². The smallest absolute Gasteiger partial charge is 0.261 e. The van der Waals surface area contributed by atoms with Gasteiger partial charge in [-0.2, -0.15) is 0 Å². The van der Waals surface area contributed by atoms with E-state index in [-0.39, 0.29) is 10.8 Å². The zero-order valence-electron chi connectivity index (χ0n) is 16.1. The molecule has 1 aliphatic heterocycles. The van der Waals surface area contributed by atoms with Crippen LogP contribution >= 0.6 is 0 Å². The SMILES string of the molecule is Cc1cccc(NS(=O)(=O)c2ccc(C(=O)NCC3=CCNCC3)cc2)c1C. The highest BCUT2D eigenvalue weighted by atomic mass is 32.2. The van der Waals surface area contributed by atoms with Crippen LogP contribution in [0.4, 0.5) is 5.69 Å². The van der Waals surface area contributed by atoms with Crippen molar-refractivity contribution in [2.75, 3.05) is 24.4 Å². The summed E-state index contributed by atoms with van der Waals surface area (Å²) < 4.78 is 27.9. The lowest BCUT2D eigenvalue weighted by Gasteiger charge is -2.15. The molecule has 28 heavy (non-hydrogen) atoms. The highest BCUT2D eigenvalue weighted by Gasteiger charge is 2.17. The Morgan fingerprint density at radius 2 is 1.86 bits per heavy atom. The highest BCUT2D eigenvalue weighted by Crippen LogP contribution is 2.22. The number of carbonyl (C=O) groups excluding carboxylic acids is 1. The van der Waals surface area contributed by atoms with E-state index in [0.717, 1.165) is 30.6 Å². The van der Waals surface area contributed by atoms with E-state index in [0.29, 0.717) is 17.8 Å². The monoisotopic (exact) mass is 399 g/mol. The molecule has 2 aromatic rings. The largest absolute Gasteiger partial charge is 0.348 e. The lowest BCUT2D eigenvalue weighted by Crippen LogP contribution is -2.29. The van der Waals surface area contributed by atoms with Crippen molar-refractivity contribution in [2.24, 2.45) is 0 Å². The summed E-state index contributed by atoms with van der Waals surface area (Å²) in [6.45, 7) is 6.06. The summed E-state index contributed by atoms with van der Waals surface area (Å²) >= 11 is 0. The van der Waals surface area contributed by atoms with E-state index in [1.807, 2.05) is 26.0 Å². The van der Waals surface area contributed by atoms with Crippen LogP contribution in [0.2, 0.25) is 0 Å². The molecular formula is C21H25N3O3S. The molecule has 2 aromatic carbocycles. The fourth-order valence-electron chi connectivity index (χ4n) is 2.98. The first kappa shape index (κ1) is 20.1. The van der Waals surface area contributed by atoms with E-state index in [4.69, 9.17) is 0 Å². The maximum Gasteiger partial charge on any atom is 0.261 e. The summed E-state index contributed by atoms with van der Waals surface area (Å²) in [4.78, 5) is 12.4. The molecule has 1 amide bonds. The van der Waals surface area contributed by atoms with Crippen LogP contribution in [0.15, 0.2) is 59.0 Å². The second-order valence-electron chi connectivity index (χ2n) is 6.88. The standard InChI is InChI=1S/C21H25N3O3S/c1-15-4-3-5-20(16(15)2)24-28(26,27)19-8-6-18(7-9-19)21(25)23-14-17-10-12-22-13-11-17/h3-10,22,24H,11-14H2,1-2H3,(H,23,25). The fraction of sp³-hybridized carbons (Fsp3) is 0.286. The zero-order valence-corrected chi connectivity index (χ0v) is 16.9. The molecule has 0 radical (unpaired) electrons. The van der Waals surface area contributed by atoms with Crippen molar-refractivity contribution in [1.29, 1.82) is 0 Å². The second-order valence-corrected chi connectivity index (χ2v) is 8.56. The Balaban J connectivity index is 1.68. The van der Waals surface area contributed by atoms with Crippen molar-refractivity contribution in [3.05, 3.63) is 70.8 Å². The van der Waals surface area contributed by atoms with Gasteiger partial charge in [0, 0.05) is 18.7 Å². The Bertz CT molecular complexity index is 996. The third-order valence-corrected chi connectivity index (χ3v) is 6.29. The number of aryl methyl sites for hydroxylation is 1. The zero-order chi connectivity index (χ0) is 20.1. The fourth-order valence-corrected chi connectivity index (χ4v) is 4.10. The number of amides is 1. The summed E-state index contributed by atoms with van der Waals surface area (Å²) in [6, 6.07) is 11.4. The van der Waals surface area contributed by atoms with Crippen LogP contribution in [0.3, 0.4) is 0 Å². The van der Waals surface area contributed by atoms with Gasteiger partial charge < -0.3 is 10.6 Å². The normalized spacial score (nSPS) is 14.3. The molecule has 0 spiro atoms. The third-order valence-electron chi connectivity index (χ3n) is 4.91. The van der Waals surface area contributed by atoms with Gasteiger partial charge in [-0.15, -0.1) is 0 Å². The maximum absolute atomic E-state index is 12.7. The Morgan fingerprint density at radius 1 is 1.11 bits per heavy atom. The molecular weight excluding hydrogens is 374 g/mol. The Hall–Kier alpha value is -2.64. The van der Waals surface area contributed by atoms with Gasteiger partial charge in [-0.25, -0.2) is 8.42 Å². The van der Waals surface area contributed by atoms with Gasteiger partial charge in [0.15, 0.2) is 0 Å². The van der Waals surface area contributed by atoms with Crippen molar-refractivity contribution < 1.29 is 13.2 Å². The number of hydrogen-bond acceptors (Lipinski definition) is 4. The number of carbonyl (C=O) groups is 1. The van der Waals surface area contributed by atoms with Crippen molar-refractivity contribution in [2.45, 2.75) is 25.2 Å². The Labute approximate surface area is 166 Å². The van der Waals surface area contributed by atoms with Gasteiger partial charge in [0.05, 0.1) is 10.6 Å². The molecule has 6 nitrogen and oxygen atoms in total. The molecule has 0 unspecified atom stereocenters. The summed E-state index contributed by atoms with van der Waals surface area (Å²) in [7, 11) is -3.72. The van der Waals surface area contributed by atoms with Crippen molar-refractivity contribution in [1.82, 2.24) is 10.6 Å². The number of sulfonamides is 1.